The number of fused-ring (bicyclic) bond motifs is 1. The van der Waals surface area contributed by atoms with E-state index in [9.17, 15) is 10.1 Å². The fourth-order valence-electron chi connectivity index (χ4n) is 2.17. The topological polar surface area (TPSA) is 70.7 Å². The molecule has 1 amide bonds. The molecule has 2 rings (SSSR count). The van der Waals surface area contributed by atoms with E-state index in [4.69, 9.17) is 0 Å². The first-order valence-electron chi connectivity index (χ1n) is 7.01. The van der Waals surface area contributed by atoms with Gasteiger partial charge in [-0.1, -0.05) is 26.0 Å². The number of nitrogens with one attached hydrogen (secondary N) is 1. The second-order valence-corrected chi connectivity index (χ2v) is 5.75. The summed E-state index contributed by atoms with van der Waals surface area (Å²) < 4.78 is 1.86. The zero-order valence-electron chi connectivity index (χ0n) is 12.8. The standard InChI is InChI=1S/C16H20N4O/c1-11(2)16(4,10-17)19-15(21)9-20-12(3)18-13-7-5-6-8-14(13)20/h5-8,11H,9H2,1-4H3,(H,19,21)/t16-/m1/s1. The van der Waals surface area contributed by atoms with Crippen LogP contribution in [0.25, 0.3) is 11.0 Å². The van der Waals surface area contributed by atoms with Crippen molar-refractivity contribution < 1.29 is 4.79 Å². The minimum Gasteiger partial charge on any atom is -0.336 e. The SMILES string of the molecule is Cc1nc2ccccc2n1CC(=O)N[C@](C)(C#N)C(C)C. The van der Waals surface area contributed by atoms with Gasteiger partial charge in [-0.05, 0) is 31.9 Å². The Morgan fingerprint density at radius 1 is 1.48 bits per heavy atom. The molecular weight excluding hydrogens is 264 g/mol. The number of hydrogen-bond donors (Lipinski definition) is 1. The number of benzene rings is 1. The number of aromatic nitrogens is 2. The highest BCUT2D eigenvalue weighted by atomic mass is 16.2. The van der Waals surface area contributed by atoms with Crippen molar-refractivity contribution in [2.45, 2.75) is 39.8 Å². The molecule has 0 saturated carbocycles. The molecular formula is C16H20N4O. The minimum absolute atomic E-state index is 0.0343. The lowest BCUT2D eigenvalue weighted by atomic mass is 9.90. The van der Waals surface area contributed by atoms with Crippen LogP contribution in [0.5, 0.6) is 0 Å². The highest BCUT2D eigenvalue weighted by molar-refractivity contribution is 5.81. The van der Waals surface area contributed by atoms with Gasteiger partial charge in [0.1, 0.15) is 17.9 Å². The molecule has 110 valence electrons. The zero-order chi connectivity index (χ0) is 15.6. The molecule has 1 aromatic heterocycles. The van der Waals surface area contributed by atoms with Crippen LogP contribution in [0.15, 0.2) is 24.3 Å². The van der Waals surface area contributed by atoms with Crippen molar-refractivity contribution in [3.8, 4) is 6.07 Å². The number of carbonyl (C=O) groups excluding carboxylic acids is 1. The Hall–Kier alpha value is -2.35. The van der Waals surface area contributed by atoms with Gasteiger partial charge >= 0.3 is 0 Å². The molecule has 0 aliphatic carbocycles. The fraction of sp³-hybridized carbons (Fsp3) is 0.438. The summed E-state index contributed by atoms with van der Waals surface area (Å²) in [6.45, 7) is 7.62. The molecule has 1 heterocycles. The quantitative estimate of drug-likeness (QED) is 0.937. The molecule has 0 fully saturated rings. The largest absolute Gasteiger partial charge is 0.336 e. The second-order valence-electron chi connectivity index (χ2n) is 5.75. The molecule has 21 heavy (non-hydrogen) atoms. The predicted molar refractivity (Wildman–Crippen MR) is 81.5 cm³/mol. The number of para-hydroxylation sites is 2. The molecule has 0 radical (unpaired) electrons. The number of rotatable bonds is 4. The first-order valence-corrected chi connectivity index (χ1v) is 7.01. The maximum atomic E-state index is 12.3. The summed E-state index contributed by atoms with van der Waals surface area (Å²) in [4.78, 5) is 16.7. The summed E-state index contributed by atoms with van der Waals surface area (Å²) in [6, 6.07) is 9.89. The van der Waals surface area contributed by atoms with Crippen molar-refractivity contribution in [2.75, 3.05) is 0 Å². The number of nitrogens with zero attached hydrogens (tertiary/aromatic N) is 3. The molecule has 0 unspecified atom stereocenters. The van der Waals surface area contributed by atoms with Gasteiger partial charge in [-0.3, -0.25) is 4.79 Å². The Morgan fingerprint density at radius 3 is 2.76 bits per heavy atom. The lowest BCUT2D eigenvalue weighted by molar-refractivity contribution is -0.123. The van der Waals surface area contributed by atoms with Crippen molar-refractivity contribution in [3.63, 3.8) is 0 Å². The van der Waals surface area contributed by atoms with Gasteiger partial charge in [0.15, 0.2) is 0 Å². The van der Waals surface area contributed by atoms with E-state index in [1.165, 1.54) is 0 Å². The monoisotopic (exact) mass is 284 g/mol. The van der Waals surface area contributed by atoms with Gasteiger partial charge in [0.2, 0.25) is 5.91 Å². The van der Waals surface area contributed by atoms with Crippen molar-refractivity contribution in [3.05, 3.63) is 30.1 Å². The molecule has 1 N–H and O–H groups in total. The molecule has 0 bridgehead atoms. The Morgan fingerprint density at radius 2 is 2.14 bits per heavy atom. The summed E-state index contributed by atoms with van der Waals surface area (Å²) in [6.07, 6.45) is 0. The van der Waals surface area contributed by atoms with Gasteiger partial charge in [-0.25, -0.2) is 4.98 Å². The molecule has 1 atom stereocenters. The third kappa shape index (κ3) is 2.89. The average molecular weight is 284 g/mol. The summed E-state index contributed by atoms with van der Waals surface area (Å²) in [7, 11) is 0. The van der Waals surface area contributed by atoms with E-state index < -0.39 is 5.54 Å². The fourth-order valence-corrected chi connectivity index (χ4v) is 2.17. The Balaban J connectivity index is 2.23. The second kappa shape index (κ2) is 5.57. The van der Waals surface area contributed by atoms with Crippen LogP contribution in [0.1, 0.15) is 26.6 Å². The maximum absolute atomic E-state index is 12.3. The molecule has 0 saturated heterocycles. The van der Waals surface area contributed by atoms with E-state index in [0.717, 1.165) is 16.9 Å². The number of amides is 1. The molecule has 0 aliphatic rings. The van der Waals surface area contributed by atoms with Crippen LogP contribution in [0.2, 0.25) is 0 Å². The van der Waals surface area contributed by atoms with Crippen LogP contribution in [0, 0.1) is 24.2 Å². The molecule has 5 heteroatoms. The highest BCUT2D eigenvalue weighted by Crippen LogP contribution is 2.17. The molecule has 0 aliphatic heterocycles. The number of hydrogen-bond acceptors (Lipinski definition) is 3. The molecule has 0 spiro atoms. The third-order valence-electron chi connectivity index (χ3n) is 3.93. The summed E-state index contributed by atoms with van der Waals surface area (Å²) in [5.41, 5.74) is 0.935. The van der Waals surface area contributed by atoms with Gasteiger partial charge in [-0.2, -0.15) is 5.26 Å². The van der Waals surface area contributed by atoms with Gasteiger partial charge in [0, 0.05) is 0 Å². The van der Waals surface area contributed by atoms with Crippen molar-refractivity contribution >= 4 is 16.9 Å². The van der Waals surface area contributed by atoms with Crippen LogP contribution >= 0.6 is 0 Å². The first-order chi connectivity index (χ1) is 9.87. The van der Waals surface area contributed by atoms with Crippen molar-refractivity contribution in [2.24, 2.45) is 5.92 Å². The van der Waals surface area contributed by atoms with E-state index >= 15 is 0 Å². The molecule has 2 aromatic rings. The number of imidazole rings is 1. The smallest absolute Gasteiger partial charge is 0.241 e. The van der Waals surface area contributed by atoms with E-state index in [0.29, 0.717) is 0 Å². The average Bonchev–Trinajstić information content (AvgIpc) is 2.75. The van der Waals surface area contributed by atoms with Crippen LogP contribution in [-0.4, -0.2) is 21.0 Å². The van der Waals surface area contributed by atoms with Gasteiger partial charge in [0.05, 0.1) is 17.1 Å². The van der Waals surface area contributed by atoms with Crippen molar-refractivity contribution in [1.82, 2.24) is 14.9 Å². The Bertz CT molecular complexity index is 711. The number of aryl methyl sites for hydroxylation is 1. The summed E-state index contributed by atoms with van der Waals surface area (Å²) in [5.74, 6) is 0.639. The Labute approximate surface area is 124 Å². The summed E-state index contributed by atoms with van der Waals surface area (Å²) in [5, 5.41) is 12.1. The lowest BCUT2D eigenvalue weighted by Crippen LogP contribution is -2.49. The minimum atomic E-state index is -0.860. The van der Waals surface area contributed by atoms with E-state index in [-0.39, 0.29) is 18.4 Å². The third-order valence-corrected chi connectivity index (χ3v) is 3.93. The predicted octanol–water partition coefficient (Wildman–Crippen LogP) is 2.40. The Kier molecular flexibility index (Phi) is 3.99. The van der Waals surface area contributed by atoms with Crippen molar-refractivity contribution in [1.29, 1.82) is 5.26 Å². The normalized spacial score (nSPS) is 13.9. The van der Waals surface area contributed by atoms with Crippen LogP contribution in [-0.2, 0) is 11.3 Å². The van der Waals surface area contributed by atoms with Crippen LogP contribution in [0.3, 0.4) is 0 Å². The van der Waals surface area contributed by atoms with Crippen LogP contribution < -0.4 is 5.32 Å². The maximum Gasteiger partial charge on any atom is 0.241 e. The first kappa shape index (κ1) is 15.0. The zero-order valence-corrected chi connectivity index (χ0v) is 12.8. The van der Waals surface area contributed by atoms with Gasteiger partial charge < -0.3 is 9.88 Å². The van der Waals surface area contributed by atoms with E-state index in [2.05, 4.69) is 16.4 Å². The molecule has 1 aromatic carbocycles. The lowest BCUT2D eigenvalue weighted by Gasteiger charge is -2.27. The number of carbonyl (C=O) groups is 1. The van der Waals surface area contributed by atoms with E-state index in [1.807, 2.05) is 49.6 Å². The van der Waals surface area contributed by atoms with Crippen LogP contribution in [0.4, 0.5) is 0 Å². The van der Waals surface area contributed by atoms with Gasteiger partial charge in [0.25, 0.3) is 0 Å². The van der Waals surface area contributed by atoms with E-state index in [1.54, 1.807) is 6.92 Å². The molecule has 5 nitrogen and oxygen atoms in total. The number of nitriles is 1. The highest BCUT2D eigenvalue weighted by Gasteiger charge is 2.30. The summed E-state index contributed by atoms with van der Waals surface area (Å²) >= 11 is 0. The van der Waals surface area contributed by atoms with Gasteiger partial charge in [-0.15, -0.1) is 0 Å².